The van der Waals surface area contributed by atoms with E-state index in [4.69, 9.17) is 32.7 Å². The molecule has 0 aliphatic heterocycles. The number of carbonyl (C=O) groups is 1. The van der Waals surface area contributed by atoms with Gasteiger partial charge in [-0.2, -0.15) is 13.2 Å². The number of ketones is 1. The number of Topliss-reactive ketones (excluding diaryl/α,β-unsaturated/α-hetero) is 1. The minimum Gasteiger partial charge on any atom is -0.507 e. The van der Waals surface area contributed by atoms with Crippen LogP contribution in [0, 0.1) is 0 Å². The van der Waals surface area contributed by atoms with Crippen LogP contribution in [0.4, 0.5) is 13.2 Å². The number of allylic oxidation sites excluding steroid dienone is 2. The van der Waals surface area contributed by atoms with Crippen LogP contribution in [0.15, 0.2) is 53.3 Å². The first-order chi connectivity index (χ1) is 15.1. The molecule has 1 N–H and O–H groups in total. The number of hydrogen-bond donors (Lipinski definition) is 1. The largest absolute Gasteiger partial charge is 0.507 e. The smallest absolute Gasteiger partial charge is 0.454 e. The molecular weight excluding hydrogens is 468 g/mol. The van der Waals surface area contributed by atoms with Gasteiger partial charge in [-0.05, 0) is 66.8 Å². The van der Waals surface area contributed by atoms with Gasteiger partial charge in [-0.25, -0.2) is 0 Å². The summed E-state index contributed by atoms with van der Waals surface area (Å²) in [6, 6.07) is 10.1. The highest BCUT2D eigenvalue weighted by atomic mass is 35.5. The number of halogens is 5. The number of benzene rings is 2. The maximum Gasteiger partial charge on any atom is 0.454 e. The van der Waals surface area contributed by atoms with E-state index in [2.05, 4.69) is 0 Å². The van der Waals surface area contributed by atoms with Gasteiger partial charge in [0.25, 0.3) is 5.78 Å². The molecule has 0 aromatic heterocycles. The molecule has 0 spiro atoms. The lowest BCUT2D eigenvalue weighted by Gasteiger charge is -2.13. The van der Waals surface area contributed by atoms with Gasteiger partial charge in [0, 0.05) is 5.57 Å². The average molecular weight is 487 g/mol. The number of alkyl halides is 3. The zero-order chi connectivity index (χ0) is 23.5. The van der Waals surface area contributed by atoms with Gasteiger partial charge in [-0.1, -0.05) is 35.3 Å². The van der Waals surface area contributed by atoms with E-state index in [1.165, 1.54) is 6.08 Å². The standard InChI is InChI=1S/C23H19Cl2F3O4/c1-2-31-20-11-13(9-15-5-6-16(21(15)29)22(30)23(26,27)28)4-8-19(20)32-12-14-3-7-17(24)18(25)10-14/h3-4,7-11,29H,2,5-6,12H2,1H3/b15-9+. The molecule has 1 aliphatic rings. The van der Waals surface area contributed by atoms with E-state index < -0.39 is 23.3 Å². The second-order valence-electron chi connectivity index (χ2n) is 7.00. The Hall–Kier alpha value is -2.64. The van der Waals surface area contributed by atoms with E-state index in [0.717, 1.165) is 5.56 Å². The first kappa shape index (κ1) is 24.0. The summed E-state index contributed by atoms with van der Waals surface area (Å²) in [6.07, 6.45) is -3.53. The van der Waals surface area contributed by atoms with Crippen LogP contribution in [-0.4, -0.2) is 23.7 Å². The summed E-state index contributed by atoms with van der Waals surface area (Å²) in [5.41, 5.74) is 1.02. The topological polar surface area (TPSA) is 55.8 Å². The van der Waals surface area contributed by atoms with Gasteiger partial charge < -0.3 is 14.6 Å². The van der Waals surface area contributed by atoms with Gasteiger partial charge in [-0.3, -0.25) is 4.79 Å². The van der Waals surface area contributed by atoms with Crippen LogP contribution in [0.5, 0.6) is 11.5 Å². The van der Waals surface area contributed by atoms with E-state index in [1.807, 2.05) is 0 Å². The van der Waals surface area contributed by atoms with Crippen LogP contribution < -0.4 is 9.47 Å². The quantitative estimate of drug-likeness (QED) is 0.453. The van der Waals surface area contributed by atoms with Crippen molar-refractivity contribution in [1.29, 1.82) is 0 Å². The molecule has 3 rings (SSSR count). The molecule has 0 heterocycles. The van der Waals surface area contributed by atoms with E-state index >= 15 is 0 Å². The lowest BCUT2D eigenvalue weighted by Crippen LogP contribution is -2.24. The number of carbonyl (C=O) groups excluding carboxylic acids is 1. The number of aliphatic hydroxyl groups is 1. The minimum atomic E-state index is -5.02. The van der Waals surface area contributed by atoms with Crippen molar-refractivity contribution in [2.75, 3.05) is 6.61 Å². The number of aliphatic hydroxyl groups excluding tert-OH is 1. The predicted octanol–water partition coefficient (Wildman–Crippen LogP) is 7.09. The summed E-state index contributed by atoms with van der Waals surface area (Å²) in [4.78, 5) is 11.5. The molecule has 32 heavy (non-hydrogen) atoms. The van der Waals surface area contributed by atoms with Crippen LogP contribution in [0.1, 0.15) is 30.9 Å². The SMILES string of the molecule is CCOc1cc(/C=C2\CCC(C(=O)C(F)(F)F)=C2O)ccc1OCc1ccc(Cl)c(Cl)c1. The van der Waals surface area contributed by atoms with Crippen molar-refractivity contribution in [3.8, 4) is 11.5 Å². The summed E-state index contributed by atoms with van der Waals surface area (Å²) in [7, 11) is 0. The molecule has 2 aromatic rings. The third kappa shape index (κ3) is 5.58. The summed E-state index contributed by atoms with van der Waals surface area (Å²) in [5, 5.41) is 11.0. The van der Waals surface area contributed by atoms with Gasteiger partial charge >= 0.3 is 6.18 Å². The van der Waals surface area contributed by atoms with Gasteiger partial charge in [0.15, 0.2) is 11.5 Å². The van der Waals surface area contributed by atoms with E-state index in [0.29, 0.717) is 33.7 Å². The fourth-order valence-corrected chi connectivity index (χ4v) is 3.54. The molecule has 0 radical (unpaired) electrons. The van der Waals surface area contributed by atoms with Crippen LogP contribution in [-0.2, 0) is 11.4 Å². The Morgan fingerprint density at radius 1 is 1.06 bits per heavy atom. The minimum absolute atomic E-state index is 0.128. The lowest BCUT2D eigenvalue weighted by atomic mass is 10.1. The Balaban J connectivity index is 1.82. The summed E-state index contributed by atoms with van der Waals surface area (Å²) < 4.78 is 49.5. The number of hydrogen-bond acceptors (Lipinski definition) is 4. The molecule has 0 atom stereocenters. The molecule has 4 nitrogen and oxygen atoms in total. The van der Waals surface area contributed by atoms with Crippen molar-refractivity contribution in [3.05, 3.63) is 74.5 Å². The predicted molar refractivity (Wildman–Crippen MR) is 116 cm³/mol. The van der Waals surface area contributed by atoms with E-state index in [1.54, 1.807) is 43.3 Å². The first-order valence-corrected chi connectivity index (χ1v) is 10.4. The Labute approximate surface area is 192 Å². The first-order valence-electron chi connectivity index (χ1n) is 9.68. The monoisotopic (exact) mass is 486 g/mol. The van der Waals surface area contributed by atoms with Crippen molar-refractivity contribution < 1.29 is 32.5 Å². The maximum atomic E-state index is 12.7. The van der Waals surface area contributed by atoms with Crippen LogP contribution in [0.25, 0.3) is 6.08 Å². The Morgan fingerprint density at radius 2 is 1.81 bits per heavy atom. The molecule has 0 saturated heterocycles. The molecule has 9 heteroatoms. The Bertz CT molecular complexity index is 1090. The molecule has 0 saturated carbocycles. The molecule has 0 fully saturated rings. The molecular formula is C23H19Cl2F3O4. The third-order valence-corrected chi connectivity index (χ3v) is 5.49. The molecule has 170 valence electrons. The highest BCUT2D eigenvalue weighted by molar-refractivity contribution is 6.42. The second-order valence-corrected chi connectivity index (χ2v) is 7.81. The normalized spacial score (nSPS) is 15.4. The van der Waals surface area contributed by atoms with Crippen molar-refractivity contribution in [2.24, 2.45) is 0 Å². The summed E-state index contributed by atoms with van der Waals surface area (Å²) in [5.74, 6) is -1.75. The van der Waals surface area contributed by atoms with Gasteiger partial charge in [0.05, 0.1) is 16.7 Å². The Kier molecular flexibility index (Phi) is 7.41. The third-order valence-electron chi connectivity index (χ3n) is 4.75. The van der Waals surface area contributed by atoms with Crippen LogP contribution in [0.2, 0.25) is 10.0 Å². The van der Waals surface area contributed by atoms with Crippen LogP contribution in [0.3, 0.4) is 0 Å². The zero-order valence-corrected chi connectivity index (χ0v) is 18.4. The molecule has 0 unspecified atom stereocenters. The van der Waals surface area contributed by atoms with E-state index in [9.17, 15) is 23.1 Å². The molecule has 2 aromatic carbocycles. The number of rotatable bonds is 7. The summed E-state index contributed by atoms with van der Waals surface area (Å²) >= 11 is 11.9. The van der Waals surface area contributed by atoms with Crippen molar-refractivity contribution in [1.82, 2.24) is 0 Å². The lowest BCUT2D eigenvalue weighted by molar-refractivity contribution is -0.166. The van der Waals surface area contributed by atoms with Crippen molar-refractivity contribution in [3.63, 3.8) is 0 Å². The average Bonchev–Trinajstić information content (AvgIpc) is 3.09. The highest BCUT2D eigenvalue weighted by Gasteiger charge is 2.43. The number of ether oxygens (including phenoxy) is 2. The van der Waals surface area contributed by atoms with Gasteiger partial charge in [0.2, 0.25) is 0 Å². The zero-order valence-electron chi connectivity index (χ0n) is 16.9. The van der Waals surface area contributed by atoms with Gasteiger partial charge in [0.1, 0.15) is 12.4 Å². The fourth-order valence-electron chi connectivity index (χ4n) is 3.22. The fraction of sp³-hybridized carbons (Fsp3) is 0.261. The molecule has 0 amide bonds. The second kappa shape index (κ2) is 9.88. The molecule has 0 bridgehead atoms. The maximum absolute atomic E-state index is 12.7. The molecule has 1 aliphatic carbocycles. The highest BCUT2D eigenvalue weighted by Crippen LogP contribution is 2.37. The van der Waals surface area contributed by atoms with Crippen molar-refractivity contribution >= 4 is 35.1 Å². The summed E-state index contributed by atoms with van der Waals surface area (Å²) in [6.45, 7) is 2.37. The van der Waals surface area contributed by atoms with Crippen LogP contribution >= 0.6 is 23.2 Å². The van der Waals surface area contributed by atoms with Crippen molar-refractivity contribution in [2.45, 2.75) is 32.5 Å². The van der Waals surface area contributed by atoms with Gasteiger partial charge in [-0.15, -0.1) is 0 Å². The Morgan fingerprint density at radius 3 is 2.47 bits per heavy atom. The van der Waals surface area contributed by atoms with E-state index in [-0.39, 0.29) is 25.0 Å².